The summed E-state index contributed by atoms with van der Waals surface area (Å²) >= 11 is 0. The summed E-state index contributed by atoms with van der Waals surface area (Å²) < 4.78 is 0. The molecule has 0 spiro atoms. The normalized spacial score (nSPS) is 25.4. The van der Waals surface area contributed by atoms with Gasteiger partial charge < -0.3 is 15.5 Å². The molecule has 26 heavy (non-hydrogen) atoms. The van der Waals surface area contributed by atoms with Crippen LogP contribution in [0.1, 0.15) is 43.0 Å². The summed E-state index contributed by atoms with van der Waals surface area (Å²) in [5.41, 5.74) is 0.0142. The molecule has 2 aliphatic heterocycles. The molecule has 0 saturated carbocycles. The van der Waals surface area contributed by atoms with Crippen molar-refractivity contribution in [3.63, 3.8) is 0 Å². The second kappa shape index (κ2) is 7.41. The standard InChI is InChI=1S/C18H24N4O4/c1-11(19-17(23)12-4-3-5-15(8-12)22(25)26)18(24)21(2)16-9-13-6-7-14(10-16)20-13/h3-5,8,11,13-14,16,20H,6-7,9-10H2,1-2H3,(H,19,23). The van der Waals surface area contributed by atoms with Crippen molar-refractivity contribution in [1.82, 2.24) is 15.5 Å². The third-order valence-corrected chi connectivity index (χ3v) is 5.38. The third kappa shape index (κ3) is 3.85. The summed E-state index contributed by atoms with van der Waals surface area (Å²) in [5.74, 6) is -0.636. The highest BCUT2D eigenvalue weighted by Gasteiger charge is 2.37. The lowest BCUT2D eigenvalue weighted by Gasteiger charge is -2.36. The largest absolute Gasteiger partial charge is 0.341 e. The van der Waals surface area contributed by atoms with Gasteiger partial charge in [-0.15, -0.1) is 0 Å². The first kappa shape index (κ1) is 18.3. The number of fused-ring (bicyclic) bond motifs is 2. The lowest BCUT2D eigenvalue weighted by molar-refractivity contribution is -0.384. The molecule has 2 N–H and O–H groups in total. The van der Waals surface area contributed by atoms with E-state index < -0.39 is 16.9 Å². The van der Waals surface area contributed by atoms with E-state index in [2.05, 4.69) is 10.6 Å². The van der Waals surface area contributed by atoms with Crippen LogP contribution in [0.15, 0.2) is 24.3 Å². The average Bonchev–Trinajstić information content (AvgIpc) is 2.98. The quantitative estimate of drug-likeness (QED) is 0.611. The number of benzene rings is 1. The van der Waals surface area contributed by atoms with E-state index in [0.717, 1.165) is 25.7 Å². The van der Waals surface area contributed by atoms with Gasteiger partial charge in [0.2, 0.25) is 5.91 Å². The van der Waals surface area contributed by atoms with Crippen molar-refractivity contribution in [1.29, 1.82) is 0 Å². The lowest BCUT2D eigenvalue weighted by Crippen LogP contribution is -2.53. The SMILES string of the molecule is CC(NC(=O)c1cccc([N+](=O)[O-])c1)C(=O)N(C)C1CC2CCC(C1)N2. The van der Waals surface area contributed by atoms with Gasteiger partial charge in [0.1, 0.15) is 6.04 Å². The van der Waals surface area contributed by atoms with E-state index in [-0.39, 0.29) is 23.2 Å². The van der Waals surface area contributed by atoms with Gasteiger partial charge in [0.05, 0.1) is 4.92 Å². The van der Waals surface area contributed by atoms with Crippen molar-refractivity contribution in [3.8, 4) is 0 Å². The minimum atomic E-state index is -0.695. The molecule has 2 bridgehead atoms. The number of rotatable bonds is 5. The van der Waals surface area contributed by atoms with Crippen molar-refractivity contribution in [2.45, 2.75) is 56.8 Å². The summed E-state index contributed by atoms with van der Waals surface area (Å²) in [4.78, 5) is 37.1. The maximum absolute atomic E-state index is 12.7. The second-order valence-corrected chi connectivity index (χ2v) is 7.21. The molecule has 0 aliphatic carbocycles. The molecule has 0 radical (unpaired) electrons. The molecule has 140 valence electrons. The monoisotopic (exact) mass is 360 g/mol. The van der Waals surface area contributed by atoms with Crippen LogP contribution < -0.4 is 10.6 Å². The molecule has 3 atom stereocenters. The van der Waals surface area contributed by atoms with Crippen molar-refractivity contribution in [2.24, 2.45) is 0 Å². The van der Waals surface area contributed by atoms with Gasteiger partial charge >= 0.3 is 0 Å². The predicted molar refractivity (Wildman–Crippen MR) is 95.8 cm³/mol. The summed E-state index contributed by atoms with van der Waals surface area (Å²) in [5, 5.41) is 17.0. The Labute approximate surface area is 152 Å². The minimum Gasteiger partial charge on any atom is -0.341 e. The van der Waals surface area contributed by atoms with Crippen LogP contribution in [0.5, 0.6) is 0 Å². The fourth-order valence-electron chi connectivity index (χ4n) is 3.93. The summed E-state index contributed by atoms with van der Waals surface area (Å²) in [6.07, 6.45) is 4.18. The smallest absolute Gasteiger partial charge is 0.270 e. The summed E-state index contributed by atoms with van der Waals surface area (Å²) in [6, 6.07) is 5.92. The third-order valence-electron chi connectivity index (χ3n) is 5.38. The van der Waals surface area contributed by atoms with E-state index in [1.54, 1.807) is 18.9 Å². The fraction of sp³-hybridized carbons (Fsp3) is 0.556. The van der Waals surface area contributed by atoms with Gasteiger partial charge in [0.25, 0.3) is 11.6 Å². The van der Waals surface area contributed by atoms with Gasteiger partial charge in [-0.2, -0.15) is 0 Å². The molecule has 3 rings (SSSR count). The number of nitro benzene ring substituents is 1. The van der Waals surface area contributed by atoms with E-state index in [9.17, 15) is 19.7 Å². The number of piperidine rings is 1. The zero-order chi connectivity index (χ0) is 18.8. The van der Waals surface area contributed by atoms with E-state index >= 15 is 0 Å². The van der Waals surface area contributed by atoms with Crippen LogP contribution in [0.4, 0.5) is 5.69 Å². The Balaban J connectivity index is 1.60. The first-order valence-corrected chi connectivity index (χ1v) is 8.93. The number of nitro groups is 1. The van der Waals surface area contributed by atoms with Crippen LogP contribution in [0.2, 0.25) is 0 Å². The predicted octanol–water partition coefficient (Wildman–Crippen LogP) is 1.45. The number of nitrogens with zero attached hydrogens (tertiary/aromatic N) is 2. The zero-order valence-electron chi connectivity index (χ0n) is 15.0. The van der Waals surface area contributed by atoms with Gasteiger partial charge in [0.15, 0.2) is 0 Å². The van der Waals surface area contributed by atoms with Crippen molar-refractivity contribution < 1.29 is 14.5 Å². The van der Waals surface area contributed by atoms with Gasteiger partial charge in [-0.3, -0.25) is 19.7 Å². The number of carbonyl (C=O) groups is 2. The minimum absolute atomic E-state index is 0.143. The highest BCUT2D eigenvalue weighted by atomic mass is 16.6. The van der Waals surface area contributed by atoms with Crippen molar-refractivity contribution in [3.05, 3.63) is 39.9 Å². The Morgan fingerprint density at radius 3 is 2.58 bits per heavy atom. The maximum Gasteiger partial charge on any atom is 0.270 e. The second-order valence-electron chi connectivity index (χ2n) is 7.21. The van der Waals surface area contributed by atoms with Gasteiger partial charge in [0, 0.05) is 42.9 Å². The molecule has 8 nitrogen and oxygen atoms in total. The molecule has 2 aliphatic rings. The highest BCUT2D eigenvalue weighted by molar-refractivity contribution is 5.97. The van der Waals surface area contributed by atoms with Crippen LogP contribution in [0, 0.1) is 10.1 Å². The Morgan fingerprint density at radius 1 is 1.31 bits per heavy atom. The first-order valence-electron chi connectivity index (χ1n) is 8.93. The van der Waals surface area contributed by atoms with Crippen molar-refractivity contribution >= 4 is 17.5 Å². The first-order chi connectivity index (χ1) is 12.3. The van der Waals surface area contributed by atoms with Crippen LogP contribution >= 0.6 is 0 Å². The number of likely N-dealkylation sites (N-methyl/N-ethyl adjacent to an activating group) is 1. The molecule has 1 aromatic rings. The average molecular weight is 360 g/mol. The number of amides is 2. The summed E-state index contributed by atoms with van der Waals surface area (Å²) in [6.45, 7) is 1.64. The van der Waals surface area contributed by atoms with Crippen LogP contribution in [-0.2, 0) is 4.79 Å². The Morgan fingerprint density at radius 2 is 1.96 bits per heavy atom. The van der Waals surface area contributed by atoms with Crippen molar-refractivity contribution in [2.75, 3.05) is 7.05 Å². The van der Waals surface area contributed by atoms with E-state index in [1.165, 1.54) is 24.3 Å². The van der Waals surface area contributed by atoms with Crippen LogP contribution in [0.3, 0.4) is 0 Å². The zero-order valence-corrected chi connectivity index (χ0v) is 15.0. The highest BCUT2D eigenvalue weighted by Crippen LogP contribution is 2.29. The van der Waals surface area contributed by atoms with E-state index in [0.29, 0.717) is 12.1 Å². The molecule has 2 saturated heterocycles. The molecule has 8 heteroatoms. The Bertz CT molecular complexity index is 711. The number of hydrogen-bond donors (Lipinski definition) is 2. The van der Waals surface area contributed by atoms with Crippen LogP contribution in [0.25, 0.3) is 0 Å². The molecule has 3 unspecified atom stereocenters. The Kier molecular flexibility index (Phi) is 5.22. The van der Waals surface area contributed by atoms with Gasteiger partial charge in [-0.1, -0.05) is 6.07 Å². The number of hydrogen-bond acceptors (Lipinski definition) is 5. The van der Waals surface area contributed by atoms with Gasteiger partial charge in [-0.25, -0.2) is 0 Å². The topological polar surface area (TPSA) is 105 Å². The summed E-state index contributed by atoms with van der Waals surface area (Å²) in [7, 11) is 1.79. The molecule has 0 aromatic heterocycles. The molecule has 2 fully saturated rings. The lowest BCUT2D eigenvalue weighted by atomic mass is 9.98. The van der Waals surface area contributed by atoms with E-state index in [1.807, 2.05) is 0 Å². The molecule has 2 heterocycles. The molecular formula is C18H24N4O4. The molecular weight excluding hydrogens is 336 g/mol. The Hall–Kier alpha value is -2.48. The molecule has 2 amide bonds. The number of carbonyl (C=O) groups excluding carboxylic acids is 2. The maximum atomic E-state index is 12.7. The fourth-order valence-corrected chi connectivity index (χ4v) is 3.93. The van der Waals surface area contributed by atoms with Gasteiger partial charge in [-0.05, 0) is 38.7 Å². The van der Waals surface area contributed by atoms with Crippen LogP contribution in [-0.4, -0.2) is 52.9 Å². The molecule has 1 aromatic carbocycles. The number of nitrogens with one attached hydrogen (secondary N) is 2. The van der Waals surface area contributed by atoms with E-state index in [4.69, 9.17) is 0 Å². The number of non-ortho nitro benzene ring substituents is 1.